The molecule has 0 radical (unpaired) electrons. The predicted octanol–water partition coefficient (Wildman–Crippen LogP) is 2.62. The monoisotopic (exact) mass is 360 g/mol. The summed E-state index contributed by atoms with van der Waals surface area (Å²) in [4.78, 5) is 16.2. The molecule has 1 amide bonds. The van der Waals surface area contributed by atoms with E-state index in [1.807, 2.05) is 0 Å². The minimum Gasteiger partial charge on any atom is -0.433 e. The number of rotatable bonds is 3. The molecule has 1 saturated heterocycles. The Labute approximate surface area is 142 Å². The second-order valence-corrected chi connectivity index (χ2v) is 8.10. The Bertz CT molecular complexity index is 1060. The fourth-order valence-electron chi connectivity index (χ4n) is 2.69. The number of sulfone groups is 1. The minimum absolute atomic E-state index is 0.0982. The van der Waals surface area contributed by atoms with Gasteiger partial charge in [-0.1, -0.05) is 6.07 Å². The van der Waals surface area contributed by atoms with Gasteiger partial charge in [0.25, 0.3) is 0 Å². The van der Waals surface area contributed by atoms with Crippen molar-refractivity contribution in [3.8, 4) is 11.5 Å². The average Bonchev–Trinajstić information content (AvgIpc) is 2.99. The summed E-state index contributed by atoms with van der Waals surface area (Å²) in [6, 6.07) is 11.2. The van der Waals surface area contributed by atoms with Crippen LogP contribution >= 0.6 is 0 Å². The SMILES string of the molecule is O=C(Nc1ccc(-c2nc3cccc(F)c3o2)cc1)C1CS(=O)(=O)C1. The third-order valence-electron chi connectivity index (χ3n) is 4.05. The predicted molar refractivity (Wildman–Crippen MR) is 90.2 cm³/mol. The summed E-state index contributed by atoms with van der Waals surface area (Å²) < 4.78 is 41.4. The molecule has 25 heavy (non-hydrogen) atoms. The van der Waals surface area contributed by atoms with E-state index in [1.165, 1.54) is 6.07 Å². The van der Waals surface area contributed by atoms with E-state index in [1.54, 1.807) is 36.4 Å². The minimum atomic E-state index is -3.04. The molecule has 4 rings (SSSR count). The number of aromatic nitrogens is 1. The molecule has 0 saturated carbocycles. The van der Waals surface area contributed by atoms with Crippen molar-refractivity contribution in [2.45, 2.75) is 0 Å². The van der Waals surface area contributed by atoms with Crippen LogP contribution in [0.25, 0.3) is 22.6 Å². The second kappa shape index (κ2) is 5.66. The van der Waals surface area contributed by atoms with Crippen LogP contribution in [0.5, 0.6) is 0 Å². The first-order valence-corrected chi connectivity index (χ1v) is 9.40. The van der Waals surface area contributed by atoms with Crippen LogP contribution in [0.3, 0.4) is 0 Å². The van der Waals surface area contributed by atoms with Crippen LogP contribution in [-0.2, 0) is 14.6 Å². The van der Waals surface area contributed by atoms with Crippen LogP contribution in [0, 0.1) is 11.7 Å². The molecular formula is C17H13FN2O4S. The van der Waals surface area contributed by atoms with Crippen molar-refractivity contribution in [1.29, 1.82) is 0 Å². The van der Waals surface area contributed by atoms with E-state index in [-0.39, 0.29) is 28.9 Å². The molecule has 128 valence electrons. The first-order chi connectivity index (χ1) is 11.9. The normalized spacial score (nSPS) is 16.5. The average molecular weight is 360 g/mol. The van der Waals surface area contributed by atoms with Crippen molar-refractivity contribution in [2.75, 3.05) is 16.8 Å². The molecule has 6 nitrogen and oxygen atoms in total. The molecule has 0 unspecified atom stereocenters. The lowest BCUT2D eigenvalue weighted by Crippen LogP contribution is -2.44. The highest BCUT2D eigenvalue weighted by Gasteiger charge is 2.38. The number of para-hydroxylation sites is 1. The molecular weight excluding hydrogens is 347 g/mol. The summed E-state index contributed by atoms with van der Waals surface area (Å²) in [7, 11) is -3.04. The molecule has 0 bridgehead atoms. The fraction of sp³-hybridized carbons (Fsp3) is 0.176. The maximum absolute atomic E-state index is 13.7. The van der Waals surface area contributed by atoms with Gasteiger partial charge in [-0.25, -0.2) is 17.8 Å². The second-order valence-electron chi connectivity index (χ2n) is 5.95. The lowest BCUT2D eigenvalue weighted by atomic mass is 10.1. The maximum Gasteiger partial charge on any atom is 0.229 e. The highest BCUT2D eigenvalue weighted by molar-refractivity contribution is 7.92. The van der Waals surface area contributed by atoms with Crippen LogP contribution in [0.15, 0.2) is 46.9 Å². The molecule has 8 heteroatoms. The number of anilines is 1. The molecule has 1 aliphatic heterocycles. The summed E-state index contributed by atoms with van der Waals surface area (Å²) in [5.41, 5.74) is 1.71. The van der Waals surface area contributed by atoms with Gasteiger partial charge in [0.1, 0.15) is 5.52 Å². The Kier molecular flexibility index (Phi) is 3.57. The summed E-state index contributed by atoms with van der Waals surface area (Å²) in [6.45, 7) is 0. The Hall–Kier alpha value is -2.74. The van der Waals surface area contributed by atoms with Crippen molar-refractivity contribution in [2.24, 2.45) is 5.92 Å². The van der Waals surface area contributed by atoms with E-state index in [9.17, 15) is 17.6 Å². The molecule has 1 aliphatic rings. The molecule has 0 aliphatic carbocycles. The lowest BCUT2D eigenvalue weighted by Gasteiger charge is -2.24. The van der Waals surface area contributed by atoms with Crippen molar-refractivity contribution in [1.82, 2.24) is 4.98 Å². The Morgan fingerprint density at radius 2 is 1.88 bits per heavy atom. The number of nitrogens with one attached hydrogen (secondary N) is 1. The number of halogens is 1. The van der Waals surface area contributed by atoms with E-state index in [0.29, 0.717) is 16.8 Å². The topological polar surface area (TPSA) is 89.3 Å². The zero-order chi connectivity index (χ0) is 17.6. The number of carbonyl (C=O) groups excluding carboxylic acids is 1. The van der Waals surface area contributed by atoms with E-state index >= 15 is 0 Å². The first-order valence-electron chi connectivity index (χ1n) is 7.58. The van der Waals surface area contributed by atoms with Gasteiger partial charge in [-0.15, -0.1) is 0 Å². The molecule has 1 fully saturated rings. The molecule has 2 aromatic carbocycles. The van der Waals surface area contributed by atoms with Gasteiger partial charge in [0.2, 0.25) is 11.8 Å². The molecule has 3 aromatic rings. The van der Waals surface area contributed by atoms with Gasteiger partial charge in [-0.2, -0.15) is 0 Å². The fourth-order valence-corrected chi connectivity index (χ4v) is 4.13. The zero-order valence-corrected chi connectivity index (χ0v) is 13.7. The van der Waals surface area contributed by atoms with Gasteiger partial charge in [-0.05, 0) is 36.4 Å². The van der Waals surface area contributed by atoms with Crippen molar-refractivity contribution >= 4 is 32.5 Å². The van der Waals surface area contributed by atoms with E-state index in [4.69, 9.17) is 4.42 Å². The zero-order valence-electron chi connectivity index (χ0n) is 12.9. The maximum atomic E-state index is 13.7. The Morgan fingerprint density at radius 3 is 2.52 bits per heavy atom. The number of amides is 1. The number of hydrogen-bond donors (Lipinski definition) is 1. The van der Waals surface area contributed by atoms with Gasteiger partial charge >= 0.3 is 0 Å². The quantitative estimate of drug-likeness (QED) is 0.775. The third kappa shape index (κ3) is 3.00. The number of hydrogen-bond acceptors (Lipinski definition) is 5. The van der Waals surface area contributed by atoms with Gasteiger partial charge in [0.15, 0.2) is 21.2 Å². The Balaban J connectivity index is 1.51. The van der Waals surface area contributed by atoms with E-state index in [0.717, 1.165) is 0 Å². The number of fused-ring (bicyclic) bond motifs is 1. The number of nitrogens with zero attached hydrogens (tertiary/aromatic N) is 1. The van der Waals surface area contributed by atoms with Gasteiger partial charge < -0.3 is 9.73 Å². The molecule has 1 N–H and O–H groups in total. The van der Waals surface area contributed by atoms with Crippen LogP contribution in [0.4, 0.5) is 10.1 Å². The Morgan fingerprint density at radius 1 is 1.16 bits per heavy atom. The number of benzene rings is 2. The van der Waals surface area contributed by atoms with Gasteiger partial charge in [0.05, 0.1) is 17.4 Å². The van der Waals surface area contributed by atoms with Crippen LogP contribution in [-0.4, -0.2) is 30.8 Å². The molecule has 1 aromatic heterocycles. The highest BCUT2D eigenvalue weighted by atomic mass is 32.2. The van der Waals surface area contributed by atoms with Gasteiger partial charge in [0, 0.05) is 11.3 Å². The number of carbonyl (C=O) groups is 1. The molecule has 2 heterocycles. The molecule has 0 atom stereocenters. The van der Waals surface area contributed by atoms with Crippen LogP contribution in [0.1, 0.15) is 0 Å². The van der Waals surface area contributed by atoms with Crippen molar-refractivity contribution in [3.63, 3.8) is 0 Å². The smallest absolute Gasteiger partial charge is 0.229 e. The van der Waals surface area contributed by atoms with Crippen molar-refractivity contribution in [3.05, 3.63) is 48.3 Å². The molecule has 0 spiro atoms. The van der Waals surface area contributed by atoms with Gasteiger partial charge in [-0.3, -0.25) is 4.79 Å². The van der Waals surface area contributed by atoms with Crippen LogP contribution in [0.2, 0.25) is 0 Å². The lowest BCUT2D eigenvalue weighted by molar-refractivity contribution is -0.119. The van der Waals surface area contributed by atoms with E-state index < -0.39 is 21.6 Å². The van der Waals surface area contributed by atoms with Crippen molar-refractivity contribution < 1.29 is 22.0 Å². The summed E-state index contributed by atoms with van der Waals surface area (Å²) in [6.07, 6.45) is 0. The standard InChI is InChI=1S/C17H13FN2O4S/c18-13-2-1-3-14-15(13)24-17(20-14)10-4-6-12(7-5-10)19-16(21)11-8-25(22,23)9-11/h1-7,11H,8-9H2,(H,19,21). The van der Waals surface area contributed by atoms with E-state index in [2.05, 4.69) is 10.3 Å². The summed E-state index contributed by atoms with van der Waals surface area (Å²) >= 11 is 0. The number of oxazole rings is 1. The largest absolute Gasteiger partial charge is 0.433 e. The summed E-state index contributed by atoms with van der Waals surface area (Å²) in [5.74, 6) is -1.22. The highest BCUT2D eigenvalue weighted by Crippen LogP contribution is 2.27. The first kappa shape index (κ1) is 15.8. The van der Waals surface area contributed by atoms with Crippen LogP contribution < -0.4 is 5.32 Å². The summed E-state index contributed by atoms with van der Waals surface area (Å²) in [5, 5.41) is 2.68. The third-order valence-corrected chi connectivity index (χ3v) is 5.87.